The zero-order valence-electron chi connectivity index (χ0n) is 14.9. The van der Waals surface area contributed by atoms with Crippen LogP contribution in [0.4, 0.5) is 5.82 Å². The molecule has 2 aliphatic rings. The van der Waals surface area contributed by atoms with Gasteiger partial charge in [-0.05, 0) is 50.7 Å². The lowest BCUT2D eigenvalue weighted by Gasteiger charge is -2.34. The van der Waals surface area contributed by atoms with Crippen molar-refractivity contribution < 1.29 is 0 Å². The predicted octanol–water partition coefficient (Wildman–Crippen LogP) is 3.64. The molecule has 1 aliphatic heterocycles. The Morgan fingerprint density at radius 2 is 2.12 bits per heavy atom. The van der Waals surface area contributed by atoms with Gasteiger partial charge in [0.25, 0.3) is 0 Å². The van der Waals surface area contributed by atoms with E-state index >= 15 is 0 Å². The topological polar surface area (TPSA) is 57.7 Å². The molecule has 2 aromatic heterocycles. The van der Waals surface area contributed by atoms with Crippen LogP contribution in [0.5, 0.6) is 0 Å². The van der Waals surface area contributed by atoms with E-state index in [4.69, 9.17) is 4.98 Å². The molecule has 0 aromatic carbocycles. The van der Waals surface area contributed by atoms with Gasteiger partial charge in [-0.1, -0.05) is 6.42 Å². The van der Waals surface area contributed by atoms with E-state index in [1.165, 1.54) is 25.1 Å². The Labute approximate surface area is 149 Å². The van der Waals surface area contributed by atoms with E-state index < -0.39 is 0 Å². The largest absolute Gasteiger partial charge is 0.355 e. The van der Waals surface area contributed by atoms with Gasteiger partial charge >= 0.3 is 0 Å². The second-order valence-corrected chi connectivity index (χ2v) is 7.46. The normalized spacial score (nSPS) is 21.0. The number of nitriles is 1. The molecule has 0 spiro atoms. The third-order valence-corrected chi connectivity index (χ3v) is 5.65. The molecule has 2 aromatic rings. The van der Waals surface area contributed by atoms with E-state index in [1.807, 2.05) is 25.3 Å². The highest BCUT2D eigenvalue weighted by Gasteiger charge is 2.28. The van der Waals surface area contributed by atoms with Crippen LogP contribution < -0.4 is 4.90 Å². The van der Waals surface area contributed by atoms with E-state index in [2.05, 4.69) is 26.7 Å². The Morgan fingerprint density at radius 3 is 2.88 bits per heavy atom. The summed E-state index contributed by atoms with van der Waals surface area (Å²) in [7, 11) is 0. The Bertz CT molecular complexity index is 784. The SMILES string of the molecule is Cc1ccc(C#N)c(N2CCCC(c3nccn3CC3CCC3)C2)n1. The lowest BCUT2D eigenvalue weighted by atomic mass is 9.85. The standard InChI is InChI=1S/C20H25N5/c1-15-7-8-17(12-21)20(23-15)24-10-3-6-18(14-24)19-22-9-11-25(19)13-16-4-2-5-16/h7-9,11,16,18H,2-6,10,13-14H2,1H3. The molecule has 1 atom stereocenters. The van der Waals surface area contributed by atoms with Crippen molar-refractivity contribution in [3.8, 4) is 6.07 Å². The van der Waals surface area contributed by atoms with Gasteiger partial charge in [0.1, 0.15) is 17.7 Å². The van der Waals surface area contributed by atoms with Crippen LogP contribution in [0, 0.1) is 24.2 Å². The minimum absolute atomic E-state index is 0.415. The molecule has 0 N–H and O–H groups in total. The van der Waals surface area contributed by atoms with Crippen LogP contribution in [0.2, 0.25) is 0 Å². The Morgan fingerprint density at radius 1 is 1.24 bits per heavy atom. The molecule has 1 saturated heterocycles. The van der Waals surface area contributed by atoms with Gasteiger partial charge in [0.2, 0.25) is 0 Å². The monoisotopic (exact) mass is 335 g/mol. The molecule has 5 heteroatoms. The van der Waals surface area contributed by atoms with Gasteiger partial charge in [-0.25, -0.2) is 9.97 Å². The van der Waals surface area contributed by atoms with Crippen molar-refractivity contribution >= 4 is 5.82 Å². The Balaban J connectivity index is 1.55. The second-order valence-electron chi connectivity index (χ2n) is 7.46. The third kappa shape index (κ3) is 3.26. The number of piperidine rings is 1. The zero-order valence-corrected chi connectivity index (χ0v) is 14.9. The molecule has 3 heterocycles. The van der Waals surface area contributed by atoms with Crippen LogP contribution in [-0.2, 0) is 6.54 Å². The van der Waals surface area contributed by atoms with Crippen molar-refractivity contribution in [2.75, 3.05) is 18.0 Å². The van der Waals surface area contributed by atoms with Crippen LogP contribution >= 0.6 is 0 Å². The van der Waals surface area contributed by atoms with Crippen LogP contribution in [0.15, 0.2) is 24.5 Å². The number of aryl methyl sites for hydroxylation is 1. The lowest BCUT2D eigenvalue weighted by molar-refractivity contribution is 0.270. The molecule has 4 rings (SSSR count). The molecule has 25 heavy (non-hydrogen) atoms. The summed E-state index contributed by atoms with van der Waals surface area (Å²) in [4.78, 5) is 11.6. The van der Waals surface area contributed by atoms with Crippen LogP contribution in [-0.4, -0.2) is 27.6 Å². The van der Waals surface area contributed by atoms with Crippen molar-refractivity contribution in [3.05, 3.63) is 41.6 Å². The number of aromatic nitrogens is 3. The Hall–Kier alpha value is -2.35. The van der Waals surface area contributed by atoms with Gasteiger partial charge < -0.3 is 9.47 Å². The molecule has 130 valence electrons. The average molecular weight is 335 g/mol. The number of imidazole rings is 1. The highest BCUT2D eigenvalue weighted by Crippen LogP contribution is 2.32. The molecule has 2 fully saturated rings. The van der Waals surface area contributed by atoms with E-state index in [1.54, 1.807) is 0 Å². The fourth-order valence-corrected chi connectivity index (χ4v) is 4.04. The van der Waals surface area contributed by atoms with Crippen molar-refractivity contribution in [2.45, 2.75) is 51.5 Å². The highest BCUT2D eigenvalue weighted by molar-refractivity contribution is 5.54. The molecule has 1 aliphatic carbocycles. The number of hydrogen-bond donors (Lipinski definition) is 0. The average Bonchev–Trinajstić information content (AvgIpc) is 3.06. The molecule has 1 unspecified atom stereocenters. The van der Waals surface area contributed by atoms with E-state index in [9.17, 15) is 5.26 Å². The van der Waals surface area contributed by atoms with Crippen LogP contribution in [0.1, 0.15) is 55.1 Å². The van der Waals surface area contributed by atoms with Crippen molar-refractivity contribution in [3.63, 3.8) is 0 Å². The number of anilines is 1. The summed E-state index contributed by atoms with van der Waals surface area (Å²) in [6, 6.07) is 6.10. The molecule has 5 nitrogen and oxygen atoms in total. The molecule has 0 bridgehead atoms. The van der Waals surface area contributed by atoms with Gasteiger partial charge in [-0.15, -0.1) is 0 Å². The summed E-state index contributed by atoms with van der Waals surface area (Å²) >= 11 is 0. The summed E-state index contributed by atoms with van der Waals surface area (Å²) in [6.45, 7) is 4.95. The molecular weight excluding hydrogens is 310 g/mol. The van der Waals surface area contributed by atoms with Crippen LogP contribution in [0.25, 0.3) is 0 Å². The number of rotatable bonds is 4. The maximum atomic E-state index is 9.43. The minimum Gasteiger partial charge on any atom is -0.355 e. The summed E-state index contributed by atoms with van der Waals surface area (Å²) in [6.07, 6.45) is 10.4. The van der Waals surface area contributed by atoms with Gasteiger partial charge in [0.15, 0.2) is 0 Å². The van der Waals surface area contributed by atoms with Gasteiger partial charge in [0.05, 0.1) is 5.56 Å². The molecule has 0 radical (unpaired) electrons. The maximum absolute atomic E-state index is 9.43. The van der Waals surface area contributed by atoms with Gasteiger partial charge in [-0.3, -0.25) is 0 Å². The van der Waals surface area contributed by atoms with Crippen molar-refractivity contribution in [1.29, 1.82) is 5.26 Å². The lowest BCUT2D eigenvalue weighted by Crippen LogP contribution is -2.36. The summed E-state index contributed by atoms with van der Waals surface area (Å²) < 4.78 is 2.37. The summed E-state index contributed by atoms with van der Waals surface area (Å²) in [5.74, 6) is 3.29. The first-order chi connectivity index (χ1) is 12.2. The maximum Gasteiger partial charge on any atom is 0.146 e. The van der Waals surface area contributed by atoms with Crippen molar-refractivity contribution in [2.24, 2.45) is 5.92 Å². The summed E-state index contributed by atoms with van der Waals surface area (Å²) in [5.41, 5.74) is 1.63. The summed E-state index contributed by atoms with van der Waals surface area (Å²) in [5, 5.41) is 9.43. The molecule has 0 amide bonds. The highest BCUT2D eigenvalue weighted by atomic mass is 15.2. The second kappa shape index (κ2) is 6.87. The van der Waals surface area contributed by atoms with Crippen molar-refractivity contribution in [1.82, 2.24) is 14.5 Å². The first-order valence-electron chi connectivity index (χ1n) is 9.38. The molecular formula is C20H25N5. The first kappa shape index (κ1) is 16.1. The smallest absolute Gasteiger partial charge is 0.146 e. The fraction of sp³-hybridized carbons (Fsp3) is 0.550. The third-order valence-electron chi connectivity index (χ3n) is 5.65. The van der Waals surface area contributed by atoms with E-state index in [0.717, 1.165) is 49.9 Å². The van der Waals surface area contributed by atoms with Gasteiger partial charge in [-0.2, -0.15) is 5.26 Å². The van der Waals surface area contributed by atoms with Gasteiger partial charge in [0, 0.05) is 43.6 Å². The first-order valence-corrected chi connectivity index (χ1v) is 9.38. The van der Waals surface area contributed by atoms with Crippen LogP contribution in [0.3, 0.4) is 0 Å². The zero-order chi connectivity index (χ0) is 17.2. The number of hydrogen-bond acceptors (Lipinski definition) is 4. The number of nitrogens with zero attached hydrogens (tertiary/aromatic N) is 5. The van der Waals surface area contributed by atoms with E-state index in [-0.39, 0.29) is 0 Å². The quantitative estimate of drug-likeness (QED) is 0.856. The molecule has 1 saturated carbocycles. The number of pyridine rings is 1. The predicted molar refractivity (Wildman–Crippen MR) is 97.4 cm³/mol. The minimum atomic E-state index is 0.415. The fourth-order valence-electron chi connectivity index (χ4n) is 4.04. The Kier molecular flexibility index (Phi) is 4.44. The van der Waals surface area contributed by atoms with E-state index in [0.29, 0.717) is 11.5 Å².